The van der Waals surface area contributed by atoms with E-state index in [1.807, 2.05) is 12.3 Å². The van der Waals surface area contributed by atoms with Crippen molar-refractivity contribution >= 4 is 43.7 Å². The zero-order valence-electron chi connectivity index (χ0n) is 14.0. The monoisotopic (exact) mass is 333 g/mol. The van der Waals surface area contributed by atoms with E-state index in [-0.39, 0.29) is 0 Å². The summed E-state index contributed by atoms with van der Waals surface area (Å²) in [4.78, 5) is 8.21. The topological polar surface area (TPSA) is 33.6 Å². The highest BCUT2D eigenvalue weighted by molar-refractivity contribution is 6.10. The number of aromatic amines is 1. The van der Waals surface area contributed by atoms with Crippen molar-refractivity contribution in [2.45, 2.75) is 0 Å². The maximum Gasteiger partial charge on any atom is 0.145 e. The number of fused-ring (bicyclic) bond motifs is 6. The van der Waals surface area contributed by atoms with Crippen LogP contribution in [0.4, 0.5) is 0 Å². The van der Waals surface area contributed by atoms with Gasteiger partial charge < -0.3 is 4.98 Å². The number of rotatable bonds is 1. The smallest absolute Gasteiger partial charge is 0.145 e. The summed E-state index contributed by atoms with van der Waals surface area (Å²) < 4.78 is 2.25. The van der Waals surface area contributed by atoms with Crippen molar-refractivity contribution in [1.82, 2.24) is 14.5 Å². The van der Waals surface area contributed by atoms with Crippen LogP contribution >= 0.6 is 0 Å². The van der Waals surface area contributed by atoms with E-state index < -0.39 is 0 Å². The number of hydrogen-bond donors (Lipinski definition) is 1. The van der Waals surface area contributed by atoms with E-state index in [1.54, 1.807) is 0 Å². The molecule has 0 aliphatic heterocycles. The molecule has 0 spiro atoms. The first-order chi connectivity index (χ1) is 12.9. The lowest BCUT2D eigenvalue weighted by atomic mass is 10.1. The highest BCUT2D eigenvalue weighted by Crippen LogP contribution is 2.33. The van der Waals surface area contributed by atoms with Gasteiger partial charge in [-0.3, -0.25) is 4.57 Å². The molecule has 122 valence electrons. The van der Waals surface area contributed by atoms with Crippen molar-refractivity contribution in [2.24, 2.45) is 0 Å². The van der Waals surface area contributed by atoms with Crippen LogP contribution in [0.15, 0.2) is 85.1 Å². The number of aromatic nitrogens is 3. The number of pyridine rings is 1. The third-order valence-electron chi connectivity index (χ3n) is 5.18. The second kappa shape index (κ2) is 4.96. The minimum absolute atomic E-state index is 0.990. The molecule has 0 fully saturated rings. The Bertz CT molecular complexity index is 1380. The van der Waals surface area contributed by atoms with Gasteiger partial charge in [0.25, 0.3) is 0 Å². The summed E-state index contributed by atoms with van der Waals surface area (Å²) in [5, 5.41) is 4.92. The van der Waals surface area contributed by atoms with Crippen LogP contribution in [-0.2, 0) is 0 Å². The van der Waals surface area contributed by atoms with Crippen LogP contribution in [0.1, 0.15) is 0 Å². The third kappa shape index (κ3) is 1.74. The summed E-state index contributed by atoms with van der Waals surface area (Å²) >= 11 is 0. The Kier molecular flexibility index (Phi) is 2.61. The van der Waals surface area contributed by atoms with Gasteiger partial charge in [0.1, 0.15) is 5.65 Å². The Morgan fingerprint density at radius 3 is 2.38 bits per heavy atom. The molecule has 3 aromatic carbocycles. The lowest BCUT2D eigenvalue weighted by molar-refractivity contribution is 1.14. The van der Waals surface area contributed by atoms with Crippen molar-refractivity contribution in [3.05, 3.63) is 85.1 Å². The van der Waals surface area contributed by atoms with Gasteiger partial charge in [0.15, 0.2) is 0 Å². The molecule has 0 bridgehead atoms. The molecule has 0 aliphatic rings. The second-order valence-corrected chi connectivity index (χ2v) is 6.63. The van der Waals surface area contributed by atoms with Crippen LogP contribution in [-0.4, -0.2) is 14.5 Å². The first-order valence-corrected chi connectivity index (χ1v) is 8.75. The Balaban J connectivity index is 1.73. The highest BCUT2D eigenvalue weighted by atomic mass is 15.0. The molecule has 3 nitrogen and oxygen atoms in total. The summed E-state index contributed by atoms with van der Waals surface area (Å²) in [6.45, 7) is 0. The fourth-order valence-corrected chi connectivity index (χ4v) is 4.04. The molecule has 0 atom stereocenters. The summed E-state index contributed by atoms with van der Waals surface area (Å²) in [6, 6.07) is 27.7. The van der Waals surface area contributed by atoms with Crippen LogP contribution in [0.2, 0.25) is 0 Å². The maximum absolute atomic E-state index is 4.67. The van der Waals surface area contributed by atoms with E-state index >= 15 is 0 Å². The molecule has 3 heteroatoms. The van der Waals surface area contributed by atoms with Gasteiger partial charge in [0, 0.05) is 44.5 Å². The molecule has 0 radical (unpaired) electrons. The Morgan fingerprint density at radius 1 is 0.654 bits per heavy atom. The molecule has 26 heavy (non-hydrogen) atoms. The van der Waals surface area contributed by atoms with Crippen LogP contribution in [0.25, 0.3) is 49.4 Å². The zero-order valence-corrected chi connectivity index (χ0v) is 14.0. The van der Waals surface area contributed by atoms with Gasteiger partial charge in [-0.2, -0.15) is 0 Å². The Hall–Kier alpha value is -3.59. The Morgan fingerprint density at radius 2 is 1.42 bits per heavy atom. The van der Waals surface area contributed by atoms with Gasteiger partial charge >= 0.3 is 0 Å². The molecular formula is C23H15N3. The molecule has 1 N–H and O–H groups in total. The quantitative estimate of drug-likeness (QED) is 0.404. The van der Waals surface area contributed by atoms with Gasteiger partial charge in [-0.05, 0) is 36.4 Å². The fourth-order valence-electron chi connectivity index (χ4n) is 4.04. The lowest BCUT2D eigenvalue weighted by Gasteiger charge is -2.07. The summed E-state index contributed by atoms with van der Waals surface area (Å²) in [6.07, 6.45) is 1.86. The maximum atomic E-state index is 4.67. The van der Waals surface area contributed by atoms with Gasteiger partial charge in [-0.15, -0.1) is 0 Å². The van der Waals surface area contributed by atoms with E-state index in [0.29, 0.717) is 0 Å². The number of nitrogens with zero attached hydrogens (tertiary/aromatic N) is 2. The third-order valence-corrected chi connectivity index (χ3v) is 5.18. The molecule has 3 aromatic heterocycles. The van der Waals surface area contributed by atoms with Gasteiger partial charge in [0.05, 0.1) is 5.52 Å². The number of para-hydroxylation sites is 2. The van der Waals surface area contributed by atoms with Crippen molar-refractivity contribution in [2.75, 3.05) is 0 Å². The average Bonchev–Trinajstić information content (AvgIpc) is 3.23. The molecule has 3 heterocycles. The molecular weight excluding hydrogens is 318 g/mol. The van der Waals surface area contributed by atoms with Crippen molar-refractivity contribution in [1.29, 1.82) is 0 Å². The number of benzene rings is 3. The van der Waals surface area contributed by atoms with Gasteiger partial charge in [-0.1, -0.05) is 42.5 Å². The van der Waals surface area contributed by atoms with Crippen molar-refractivity contribution < 1.29 is 0 Å². The largest absolute Gasteiger partial charge is 0.354 e. The average molecular weight is 333 g/mol. The second-order valence-electron chi connectivity index (χ2n) is 6.63. The summed E-state index contributed by atoms with van der Waals surface area (Å²) in [7, 11) is 0. The fraction of sp³-hybridized carbons (Fsp3) is 0. The number of hydrogen-bond acceptors (Lipinski definition) is 1. The predicted octanol–water partition coefficient (Wildman–Crippen LogP) is 5.81. The van der Waals surface area contributed by atoms with E-state index in [2.05, 4.69) is 87.3 Å². The first kappa shape index (κ1) is 13.7. The van der Waals surface area contributed by atoms with Gasteiger partial charge in [-0.25, -0.2) is 4.98 Å². The van der Waals surface area contributed by atoms with Crippen LogP contribution in [0.5, 0.6) is 0 Å². The van der Waals surface area contributed by atoms with Crippen LogP contribution in [0.3, 0.4) is 0 Å². The molecule has 0 saturated carbocycles. The van der Waals surface area contributed by atoms with E-state index in [4.69, 9.17) is 0 Å². The Labute approximate surface area is 149 Å². The molecule has 0 saturated heterocycles. The van der Waals surface area contributed by atoms with Gasteiger partial charge in [0.2, 0.25) is 0 Å². The summed E-state index contributed by atoms with van der Waals surface area (Å²) in [5.74, 6) is 0. The van der Waals surface area contributed by atoms with Crippen molar-refractivity contribution in [3.63, 3.8) is 0 Å². The van der Waals surface area contributed by atoms with Crippen LogP contribution < -0.4 is 0 Å². The molecule has 0 unspecified atom stereocenters. The van der Waals surface area contributed by atoms with Crippen LogP contribution in [0, 0.1) is 0 Å². The lowest BCUT2D eigenvalue weighted by Crippen LogP contribution is -1.94. The van der Waals surface area contributed by atoms with Crippen molar-refractivity contribution in [3.8, 4) is 5.69 Å². The first-order valence-electron chi connectivity index (χ1n) is 8.75. The number of H-pyrrole nitrogens is 1. The minimum atomic E-state index is 0.990. The summed E-state index contributed by atoms with van der Waals surface area (Å²) in [5.41, 5.74) is 5.60. The highest BCUT2D eigenvalue weighted by Gasteiger charge is 2.13. The van der Waals surface area contributed by atoms with E-state index in [9.17, 15) is 0 Å². The minimum Gasteiger partial charge on any atom is -0.354 e. The SMILES string of the molecule is c1ccc2c(c1)[nH]c1cc(-n3c4ccccc4c4cccnc43)ccc12. The van der Waals surface area contributed by atoms with E-state index in [1.165, 1.54) is 32.6 Å². The normalized spacial score (nSPS) is 11.8. The predicted molar refractivity (Wildman–Crippen MR) is 108 cm³/mol. The molecule has 0 aliphatic carbocycles. The molecule has 0 amide bonds. The zero-order chi connectivity index (χ0) is 17.1. The standard InChI is InChI=1S/C23H15N3/c1-3-9-20-16(6-1)17-12-11-15(14-21(17)25-20)26-22-10-4-2-7-18(22)19-8-5-13-24-23(19)26/h1-14,25H. The molecule has 6 aromatic rings. The molecule has 6 rings (SSSR count). The number of nitrogens with one attached hydrogen (secondary N) is 1. The van der Waals surface area contributed by atoms with E-state index in [0.717, 1.165) is 16.9 Å².